The van der Waals surface area contributed by atoms with Gasteiger partial charge in [0.15, 0.2) is 5.76 Å². The van der Waals surface area contributed by atoms with Crippen LogP contribution in [0.3, 0.4) is 0 Å². The zero-order valence-corrected chi connectivity index (χ0v) is 20.0. The Morgan fingerprint density at radius 1 is 1.06 bits per heavy atom. The lowest BCUT2D eigenvalue weighted by molar-refractivity contribution is 0.0829. The fraction of sp³-hybridized carbons (Fsp3) is 0.174. The normalized spacial score (nSPS) is 14.3. The van der Waals surface area contributed by atoms with E-state index in [1.54, 1.807) is 25.1 Å². The summed E-state index contributed by atoms with van der Waals surface area (Å²) in [6, 6.07) is 10.6. The van der Waals surface area contributed by atoms with Crippen molar-refractivity contribution in [3.63, 3.8) is 0 Å². The van der Waals surface area contributed by atoms with Crippen LogP contribution in [0.15, 0.2) is 62.9 Å². The van der Waals surface area contributed by atoms with Crippen LogP contribution in [-0.2, 0) is 16.4 Å². The molecule has 0 aliphatic heterocycles. The molecule has 1 aliphatic carbocycles. The maximum atomic E-state index is 13.1. The molecule has 0 atom stereocenters. The molecule has 1 aromatic heterocycles. The molecule has 12 heteroatoms. The highest BCUT2D eigenvalue weighted by Crippen LogP contribution is 2.30. The first-order valence-corrected chi connectivity index (χ1v) is 12.3. The maximum Gasteiger partial charge on any atom is 0.305 e. The molecule has 9 nitrogen and oxygen atoms in total. The van der Waals surface area contributed by atoms with Gasteiger partial charge < -0.3 is 4.42 Å². The van der Waals surface area contributed by atoms with Crippen LogP contribution in [-0.4, -0.2) is 25.9 Å². The highest BCUT2D eigenvalue weighted by molar-refractivity contribution is 7.89. The highest BCUT2D eigenvalue weighted by Gasteiger charge is 2.28. The van der Waals surface area contributed by atoms with E-state index in [1.165, 1.54) is 6.07 Å². The summed E-state index contributed by atoms with van der Waals surface area (Å²) >= 11 is 5.88. The Labute approximate surface area is 205 Å². The summed E-state index contributed by atoms with van der Waals surface area (Å²) in [7, 11) is -4.02. The third-order valence-corrected chi connectivity index (χ3v) is 6.79. The van der Waals surface area contributed by atoms with Gasteiger partial charge in [0.05, 0.1) is 10.6 Å². The Bertz CT molecular complexity index is 1430. The van der Waals surface area contributed by atoms with Crippen LogP contribution >= 0.6 is 11.6 Å². The van der Waals surface area contributed by atoms with E-state index >= 15 is 0 Å². The molecule has 4 rings (SSSR count). The van der Waals surface area contributed by atoms with Crippen molar-refractivity contribution in [2.24, 2.45) is 5.10 Å². The SMILES string of the molecule is Cc1c(C(=O)NNC(=O)c2cccc(Cl)c2)oc2c1/C(=N/NS(=O)(=O)c1ccc(F)cc1)CCC2. The van der Waals surface area contributed by atoms with Gasteiger partial charge in [0.25, 0.3) is 15.9 Å². The predicted molar refractivity (Wildman–Crippen MR) is 126 cm³/mol. The Hall–Kier alpha value is -3.70. The van der Waals surface area contributed by atoms with Crippen LogP contribution in [0.5, 0.6) is 0 Å². The number of nitrogens with one attached hydrogen (secondary N) is 3. The van der Waals surface area contributed by atoms with Crippen molar-refractivity contribution < 1.29 is 26.8 Å². The molecule has 0 spiro atoms. The molecular weight excluding hydrogens is 499 g/mol. The number of halogens is 2. The molecule has 35 heavy (non-hydrogen) atoms. The van der Waals surface area contributed by atoms with Crippen LogP contribution in [0.1, 0.15) is 50.6 Å². The second-order valence-corrected chi connectivity index (χ2v) is 9.83. The summed E-state index contributed by atoms with van der Waals surface area (Å²) in [5.74, 6) is -1.35. The molecule has 0 unspecified atom stereocenters. The Morgan fingerprint density at radius 3 is 2.49 bits per heavy atom. The first-order chi connectivity index (χ1) is 16.7. The van der Waals surface area contributed by atoms with Crippen molar-refractivity contribution in [1.29, 1.82) is 0 Å². The number of hydrogen-bond donors (Lipinski definition) is 3. The lowest BCUT2D eigenvalue weighted by atomic mass is 9.93. The number of sulfonamides is 1. The van der Waals surface area contributed by atoms with Gasteiger partial charge >= 0.3 is 5.91 Å². The van der Waals surface area contributed by atoms with Gasteiger partial charge in [-0.1, -0.05) is 17.7 Å². The molecule has 2 aromatic carbocycles. The number of aryl methyl sites for hydroxylation is 1. The number of hydrazone groups is 1. The van der Waals surface area contributed by atoms with Gasteiger partial charge in [0.2, 0.25) is 0 Å². The van der Waals surface area contributed by atoms with Gasteiger partial charge in [0.1, 0.15) is 11.6 Å². The predicted octanol–water partition coefficient (Wildman–Crippen LogP) is 3.47. The number of hydrazine groups is 1. The molecule has 0 fully saturated rings. The lowest BCUT2D eigenvalue weighted by Gasteiger charge is -2.14. The van der Waals surface area contributed by atoms with Gasteiger partial charge in [0, 0.05) is 28.1 Å². The van der Waals surface area contributed by atoms with Crippen molar-refractivity contribution in [1.82, 2.24) is 15.7 Å². The zero-order chi connectivity index (χ0) is 25.2. The number of nitrogens with zero attached hydrogens (tertiary/aromatic N) is 1. The van der Waals surface area contributed by atoms with E-state index in [1.807, 2.05) is 0 Å². The van der Waals surface area contributed by atoms with Gasteiger partial charge in [-0.2, -0.15) is 18.4 Å². The zero-order valence-electron chi connectivity index (χ0n) is 18.4. The number of carbonyl (C=O) groups is 2. The second-order valence-electron chi connectivity index (χ2n) is 7.73. The van der Waals surface area contributed by atoms with Crippen LogP contribution in [0.2, 0.25) is 5.02 Å². The van der Waals surface area contributed by atoms with Crippen LogP contribution in [0, 0.1) is 12.7 Å². The van der Waals surface area contributed by atoms with E-state index < -0.39 is 27.7 Å². The summed E-state index contributed by atoms with van der Waals surface area (Å²) in [4.78, 5) is 27.0. The van der Waals surface area contributed by atoms with Gasteiger partial charge in [-0.3, -0.25) is 20.4 Å². The fourth-order valence-electron chi connectivity index (χ4n) is 3.65. The molecule has 0 saturated heterocycles. The number of furan rings is 1. The first-order valence-electron chi connectivity index (χ1n) is 10.5. The van der Waals surface area contributed by atoms with Gasteiger partial charge in [-0.25, -0.2) is 4.39 Å². The van der Waals surface area contributed by atoms with Crippen LogP contribution < -0.4 is 15.7 Å². The number of rotatable bonds is 5. The molecule has 3 N–H and O–H groups in total. The number of fused-ring (bicyclic) bond motifs is 1. The lowest BCUT2D eigenvalue weighted by Crippen LogP contribution is -2.41. The largest absolute Gasteiger partial charge is 0.455 e. The standard InChI is InChI=1S/C23H20ClFN4O5S/c1-13-20-18(26-29-35(32,33)17-10-8-16(25)9-11-17)6-3-7-19(20)34-21(13)23(31)28-27-22(30)14-4-2-5-15(24)12-14/h2,4-5,8-12,29H,3,6-7H2,1H3,(H,27,30)(H,28,31)/b26-18+. The molecule has 3 aromatic rings. The second kappa shape index (κ2) is 9.88. The summed E-state index contributed by atoms with van der Waals surface area (Å²) in [6.07, 6.45) is 1.61. The minimum absolute atomic E-state index is 0.0302. The third-order valence-electron chi connectivity index (χ3n) is 5.33. The molecule has 0 bridgehead atoms. The highest BCUT2D eigenvalue weighted by atomic mass is 35.5. The van der Waals surface area contributed by atoms with E-state index in [2.05, 4.69) is 20.8 Å². The van der Waals surface area contributed by atoms with Crippen molar-refractivity contribution >= 4 is 39.2 Å². The number of hydrogen-bond acceptors (Lipinski definition) is 6. The fourth-order valence-corrected chi connectivity index (χ4v) is 4.67. The van der Waals surface area contributed by atoms with Crippen LogP contribution in [0.25, 0.3) is 0 Å². The van der Waals surface area contributed by atoms with E-state index in [0.717, 1.165) is 24.3 Å². The number of benzene rings is 2. The average molecular weight is 519 g/mol. The molecule has 0 radical (unpaired) electrons. The minimum Gasteiger partial charge on any atom is -0.455 e. The molecule has 1 heterocycles. The third kappa shape index (κ3) is 5.36. The summed E-state index contributed by atoms with van der Waals surface area (Å²) in [6.45, 7) is 1.64. The summed E-state index contributed by atoms with van der Waals surface area (Å²) in [5, 5.41) is 4.44. The number of amides is 2. The summed E-state index contributed by atoms with van der Waals surface area (Å²) in [5.41, 5.74) is 6.26. The van der Waals surface area contributed by atoms with E-state index in [-0.39, 0.29) is 16.2 Å². The van der Waals surface area contributed by atoms with Gasteiger partial charge in [-0.15, -0.1) is 0 Å². The number of carbonyl (C=O) groups excluding carboxylic acids is 2. The average Bonchev–Trinajstić information content (AvgIpc) is 3.18. The maximum absolute atomic E-state index is 13.1. The molecule has 2 amide bonds. The van der Waals surface area contributed by atoms with Crippen molar-refractivity contribution in [3.8, 4) is 0 Å². The minimum atomic E-state index is -4.02. The van der Waals surface area contributed by atoms with Crippen molar-refractivity contribution in [2.75, 3.05) is 0 Å². The Morgan fingerprint density at radius 2 is 1.77 bits per heavy atom. The topological polar surface area (TPSA) is 130 Å². The van der Waals surface area contributed by atoms with E-state index in [4.69, 9.17) is 16.0 Å². The molecule has 1 aliphatic rings. The van der Waals surface area contributed by atoms with Gasteiger partial charge in [-0.05, 0) is 62.2 Å². The van der Waals surface area contributed by atoms with Crippen molar-refractivity contribution in [2.45, 2.75) is 31.1 Å². The Balaban J connectivity index is 1.51. The van der Waals surface area contributed by atoms with Crippen molar-refractivity contribution in [3.05, 3.63) is 87.6 Å². The molecular formula is C23H20ClFN4O5S. The van der Waals surface area contributed by atoms with E-state index in [9.17, 15) is 22.4 Å². The smallest absolute Gasteiger partial charge is 0.305 e. The van der Waals surface area contributed by atoms with E-state index in [0.29, 0.717) is 46.9 Å². The molecule has 0 saturated carbocycles. The quantitative estimate of drug-likeness (QED) is 0.445. The molecule has 182 valence electrons. The summed E-state index contributed by atoms with van der Waals surface area (Å²) < 4.78 is 43.9. The van der Waals surface area contributed by atoms with Crippen LogP contribution in [0.4, 0.5) is 4.39 Å². The Kier molecular flexibility index (Phi) is 6.90. The monoisotopic (exact) mass is 518 g/mol. The first kappa shape index (κ1) is 24.4.